The molecule has 0 atom stereocenters. The van der Waals surface area contributed by atoms with Gasteiger partial charge in [-0.1, -0.05) is 12.1 Å². The third-order valence-corrected chi connectivity index (χ3v) is 1.99. The third kappa shape index (κ3) is 1.57. The molecule has 0 spiro atoms. The highest BCUT2D eigenvalue weighted by Gasteiger charge is 2.00. The van der Waals surface area contributed by atoms with Gasteiger partial charge in [0, 0.05) is 24.7 Å². The summed E-state index contributed by atoms with van der Waals surface area (Å²) in [7, 11) is 0. The normalized spacial score (nSPS) is 10.1. The van der Waals surface area contributed by atoms with Gasteiger partial charge in [0.2, 0.25) is 5.91 Å². The van der Waals surface area contributed by atoms with Gasteiger partial charge in [0.05, 0.1) is 5.69 Å². The first-order valence-electron chi connectivity index (χ1n) is 4.38. The Morgan fingerprint density at radius 1 is 1.36 bits per heavy atom. The average Bonchev–Trinajstić information content (AvgIpc) is 2.18. The highest BCUT2D eigenvalue weighted by atomic mass is 16.1. The molecule has 1 aromatic heterocycles. The molecule has 0 aliphatic rings. The number of carbonyl (C=O) groups excluding carboxylic acids is 1. The second-order valence-electron chi connectivity index (χ2n) is 3.08. The number of anilines is 1. The van der Waals surface area contributed by atoms with Crippen LogP contribution in [0.25, 0.3) is 10.8 Å². The molecule has 0 aliphatic heterocycles. The Morgan fingerprint density at radius 2 is 2.21 bits per heavy atom. The summed E-state index contributed by atoms with van der Waals surface area (Å²) in [6, 6.07) is 7.68. The molecule has 0 saturated heterocycles. The zero-order chi connectivity index (χ0) is 9.97. The number of nitrogens with zero attached hydrogens (tertiary/aromatic N) is 1. The molecular formula is C11H10N2O. The standard InChI is InChI=1S/C11H10N2O/c1-8(14)13-11-4-2-3-9-5-6-12-7-10(9)11/h2-7H,1H3,(H,13,14). The maximum atomic E-state index is 10.9. The van der Waals surface area contributed by atoms with E-state index in [2.05, 4.69) is 10.3 Å². The molecule has 1 aromatic carbocycles. The van der Waals surface area contributed by atoms with Gasteiger partial charge >= 0.3 is 0 Å². The highest BCUT2D eigenvalue weighted by molar-refractivity contribution is 6.00. The summed E-state index contributed by atoms with van der Waals surface area (Å²) in [4.78, 5) is 15.0. The molecule has 2 aromatic rings. The molecule has 1 N–H and O–H groups in total. The second-order valence-corrected chi connectivity index (χ2v) is 3.08. The summed E-state index contributed by atoms with van der Waals surface area (Å²) in [5, 5.41) is 4.81. The lowest BCUT2D eigenvalue weighted by molar-refractivity contribution is -0.114. The molecule has 0 unspecified atom stereocenters. The van der Waals surface area contributed by atoms with E-state index < -0.39 is 0 Å². The van der Waals surface area contributed by atoms with Gasteiger partial charge in [0.25, 0.3) is 0 Å². The first kappa shape index (κ1) is 8.69. The Labute approximate surface area is 81.8 Å². The number of hydrogen-bond donors (Lipinski definition) is 1. The Balaban J connectivity index is 2.59. The Hall–Kier alpha value is -1.90. The van der Waals surface area contributed by atoms with Gasteiger partial charge in [-0.2, -0.15) is 0 Å². The zero-order valence-corrected chi connectivity index (χ0v) is 7.82. The molecule has 1 amide bonds. The van der Waals surface area contributed by atoms with Crippen LogP contribution in [0.5, 0.6) is 0 Å². The van der Waals surface area contributed by atoms with E-state index in [4.69, 9.17) is 0 Å². The molecule has 0 aliphatic carbocycles. The summed E-state index contributed by atoms with van der Waals surface area (Å²) in [5.74, 6) is -0.0682. The summed E-state index contributed by atoms with van der Waals surface area (Å²) in [6.07, 6.45) is 3.49. The maximum Gasteiger partial charge on any atom is 0.221 e. The predicted molar refractivity (Wildman–Crippen MR) is 56.0 cm³/mol. The van der Waals surface area contributed by atoms with Crippen molar-refractivity contribution in [2.45, 2.75) is 6.92 Å². The number of pyridine rings is 1. The van der Waals surface area contributed by atoms with Crippen LogP contribution in [-0.2, 0) is 4.79 Å². The summed E-state index contributed by atoms with van der Waals surface area (Å²) in [5.41, 5.74) is 0.808. The first-order chi connectivity index (χ1) is 6.77. The van der Waals surface area contributed by atoms with Crippen LogP contribution >= 0.6 is 0 Å². The lowest BCUT2D eigenvalue weighted by Gasteiger charge is -2.05. The van der Waals surface area contributed by atoms with Crippen molar-refractivity contribution in [2.24, 2.45) is 0 Å². The quantitative estimate of drug-likeness (QED) is 0.741. The van der Waals surface area contributed by atoms with Crippen molar-refractivity contribution in [3.63, 3.8) is 0 Å². The number of amides is 1. The van der Waals surface area contributed by atoms with Crippen LogP contribution in [0, 0.1) is 0 Å². The van der Waals surface area contributed by atoms with Crippen LogP contribution in [0.1, 0.15) is 6.92 Å². The van der Waals surface area contributed by atoms with Crippen molar-refractivity contribution in [1.82, 2.24) is 4.98 Å². The Bertz CT molecular complexity index is 474. The smallest absolute Gasteiger partial charge is 0.221 e. The summed E-state index contributed by atoms with van der Waals surface area (Å²) < 4.78 is 0. The Morgan fingerprint density at radius 3 is 3.00 bits per heavy atom. The lowest BCUT2D eigenvalue weighted by Crippen LogP contribution is -2.05. The molecule has 0 bridgehead atoms. The molecular weight excluding hydrogens is 176 g/mol. The van der Waals surface area contributed by atoms with Crippen LogP contribution in [0.15, 0.2) is 36.7 Å². The largest absolute Gasteiger partial charge is 0.326 e. The van der Waals surface area contributed by atoms with Crippen LogP contribution in [0.3, 0.4) is 0 Å². The van der Waals surface area contributed by atoms with Crippen LogP contribution < -0.4 is 5.32 Å². The van der Waals surface area contributed by atoms with E-state index in [0.29, 0.717) is 0 Å². The van der Waals surface area contributed by atoms with Crippen LogP contribution in [0.2, 0.25) is 0 Å². The van der Waals surface area contributed by atoms with E-state index in [1.165, 1.54) is 6.92 Å². The first-order valence-corrected chi connectivity index (χ1v) is 4.38. The minimum absolute atomic E-state index is 0.0682. The number of hydrogen-bond acceptors (Lipinski definition) is 2. The molecule has 1 heterocycles. The number of nitrogens with one attached hydrogen (secondary N) is 1. The van der Waals surface area contributed by atoms with E-state index in [-0.39, 0.29) is 5.91 Å². The number of rotatable bonds is 1. The van der Waals surface area contributed by atoms with Crippen molar-refractivity contribution < 1.29 is 4.79 Å². The number of aromatic nitrogens is 1. The summed E-state index contributed by atoms with van der Waals surface area (Å²) >= 11 is 0. The van der Waals surface area contributed by atoms with Gasteiger partial charge in [-0.3, -0.25) is 9.78 Å². The van der Waals surface area contributed by atoms with Crippen LogP contribution in [-0.4, -0.2) is 10.9 Å². The fourth-order valence-electron chi connectivity index (χ4n) is 1.41. The number of fused-ring (bicyclic) bond motifs is 1. The highest BCUT2D eigenvalue weighted by Crippen LogP contribution is 2.21. The lowest BCUT2D eigenvalue weighted by atomic mass is 10.1. The van der Waals surface area contributed by atoms with Crippen molar-refractivity contribution >= 4 is 22.4 Å². The monoisotopic (exact) mass is 186 g/mol. The molecule has 0 fully saturated rings. The van der Waals surface area contributed by atoms with Crippen molar-refractivity contribution in [1.29, 1.82) is 0 Å². The molecule has 14 heavy (non-hydrogen) atoms. The molecule has 0 radical (unpaired) electrons. The average molecular weight is 186 g/mol. The molecule has 2 rings (SSSR count). The number of carbonyl (C=O) groups is 1. The minimum atomic E-state index is -0.0682. The topological polar surface area (TPSA) is 42.0 Å². The maximum absolute atomic E-state index is 10.9. The van der Waals surface area contributed by atoms with Gasteiger partial charge in [-0.05, 0) is 17.5 Å². The van der Waals surface area contributed by atoms with Crippen molar-refractivity contribution in [3.8, 4) is 0 Å². The fraction of sp³-hybridized carbons (Fsp3) is 0.0909. The van der Waals surface area contributed by atoms with E-state index in [1.54, 1.807) is 12.4 Å². The second kappa shape index (κ2) is 3.46. The zero-order valence-electron chi connectivity index (χ0n) is 7.82. The molecule has 3 nitrogen and oxygen atoms in total. The van der Waals surface area contributed by atoms with E-state index in [9.17, 15) is 4.79 Å². The van der Waals surface area contributed by atoms with Gasteiger partial charge in [0.15, 0.2) is 0 Å². The van der Waals surface area contributed by atoms with Gasteiger partial charge < -0.3 is 5.32 Å². The van der Waals surface area contributed by atoms with Gasteiger partial charge in [-0.15, -0.1) is 0 Å². The van der Waals surface area contributed by atoms with Gasteiger partial charge in [-0.25, -0.2) is 0 Å². The molecule has 0 saturated carbocycles. The van der Waals surface area contributed by atoms with Crippen molar-refractivity contribution in [3.05, 3.63) is 36.7 Å². The minimum Gasteiger partial charge on any atom is -0.326 e. The Kier molecular flexibility index (Phi) is 2.14. The summed E-state index contributed by atoms with van der Waals surface area (Å²) in [6.45, 7) is 1.50. The molecule has 3 heteroatoms. The number of benzene rings is 1. The van der Waals surface area contributed by atoms with Gasteiger partial charge in [0.1, 0.15) is 0 Å². The van der Waals surface area contributed by atoms with Crippen molar-refractivity contribution in [2.75, 3.05) is 5.32 Å². The molecule has 70 valence electrons. The third-order valence-electron chi connectivity index (χ3n) is 1.99. The van der Waals surface area contributed by atoms with Crippen LogP contribution in [0.4, 0.5) is 5.69 Å². The fourth-order valence-corrected chi connectivity index (χ4v) is 1.41. The van der Waals surface area contributed by atoms with E-state index in [0.717, 1.165) is 16.5 Å². The van der Waals surface area contributed by atoms with E-state index in [1.807, 2.05) is 24.3 Å². The van der Waals surface area contributed by atoms with E-state index >= 15 is 0 Å². The predicted octanol–water partition coefficient (Wildman–Crippen LogP) is 2.19. The SMILES string of the molecule is CC(=O)Nc1cccc2ccncc12.